The first kappa shape index (κ1) is 21.6. The first-order valence-corrected chi connectivity index (χ1v) is 9.14. The maximum Gasteiger partial charge on any atom is 0.408 e. The Bertz CT molecular complexity index is 865. The van der Waals surface area contributed by atoms with Gasteiger partial charge in [0.15, 0.2) is 0 Å². The summed E-state index contributed by atoms with van der Waals surface area (Å²) in [5.41, 5.74) is 1.65. The van der Waals surface area contributed by atoms with Crippen LogP contribution < -0.4 is 10.6 Å². The second-order valence-corrected chi connectivity index (χ2v) is 6.44. The fourth-order valence-electron chi connectivity index (χ4n) is 2.57. The van der Waals surface area contributed by atoms with Gasteiger partial charge < -0.3 is 15.4 Å². The predicted octanol–water partition coefficient (Wildman–Crippen LogP) is 2.45. The lowest BCUT2D eigenvalue weighted by Gasteiger charge is -2.20. The number of diazo groups is 1. The molecule has 0 fully saturated rings. The molecule has 2 atom stereocenters. The summed E-state index contributed by atoms with van der Waals surface area (Å²) in [5, 5.41) is 13.6. The van der Waals surface area contributed by atoms with Gasteiger partial charge in [0.05, 0.1) is 6.04 Å². The number of benzene rings is 2. The van der Waals surface area contributed by atoms with Crippen LogP contribution in [0.25, 0.3) is 4.98 Å². The van der Waals surface area contributed by atoms with Crippen molar-refractivity contribution in [1.29, 1.82) is 5.39 Å². The largest absolute Gasteiger partial charge is 0.445 e. The number of hydrogen-bond acceptors (Lipinski definition) is 5. The van der Waals surface area contributed by atoms with Gasteiger partial charge in [-0.3, -0.25) is 9.59 Å². The quantitative estimate of drug-likeness (QED) is 0.633. The zero-order chi connectivity index (χ0) is 21.1. The molecular weight excluding hydrogens is 372 g/mol. The Hall–Kier alpha value is -3.73. The summed E-state index contributed by atoms with van der Waals surface area (Å²) in [6.45, 7) is 1.13. The molecule has 8 heteroatoms. The molecule has 150 valence electrons. The van der Waals surface area contributed by atoms with Crippen molar-refractivity contribution in [1.82, 2.24) is 10.6 Å². The highest BCUT2D eigenvalue weighted by Crippen LogP contribution is 2.06. The molecule has 0 radical (unpaired) electrons. The Morgan fingerprint density at radius 1 is 0.966 bits per heavy atom. The zero-order valence-corrected chi connectivity index (χ0v) is 16.1. The number of nitrogens with zero attached hydrogens (tertiary/aromatic N) is 2. The first-order valence-electron chi connectivity index (χ1n) is 9.14. The summed E-state index contributed by atoms with van der Waals surface area (Å²) in [6.07, 6.45) is -0.521. The molecule has 0 spiro atoms. The molecule has 2 N–H and O–H groups in total. The summed E-state index contributed by atoms with van der Waals surface area (Å²) in [5.74, 6) is -0.990. The molecule has 2 aromatic carbocycles. The van der Waals surface area contributed by atoms with E-state index in [1.807, 2.05) is 60.7 Å². The summed E-state index contributed by atoms with van der Waals surface area (Å²) in [7, 11) is 0. The van der Waals surface area contributed by atoms with E-state index in [0.29, 0.717) is 0 Å². The van der Waals surface area contributed by atoms with E-state index in [1.165, 1.54) is 6.92 Å². The Labute approximate surface area is 168 Å². The standard InChI is InChI=1S/C21H22N4O4/c1-15(19(26)13-23-22)24-20(27)18(12-16-8-4-2-5-9-16)25-21(28)29-14-17-10-6-3-7-11-17/h2-11,15,18H,12-14H2,1H3,(H-,24,25,27,28)/p+1/t15-,18-/m0/s1. The molecule has 0 aliphatic carbocycles. The van der Waals surface area contributed by atoms with Gasteiger partial charge in [0.1, 0.15) is 17.6 Å². The van der Waals surface area contributed by atoms with Crippen molar-refractivity contribution in [3.63, 3.8) is 0 Å². The lowest BCUT2D eigenvalue weighted by Crippen LogP contribution is -2.52. The van der Waals surface area contributed by atoms with Crippen LogP contribution in [0.15, 0.2) is 60.7 Å². The number of ether oxygens (including phenoxy) is 1. The summed E-state index contributed by atoms with van der Waals surface area (Å²) in [4.78, 5) is 39.4. The highest BCUT2D eigenvalue weighted by atomic mass is 16.5. The molecule has 2 aromatic rings. The average molecular weight is 395 g/mol. The molecule has 8 nitrogen and oxygen atoms in total. The topological polar surface area (TPSA) is 113 Å². The van der Waals surface area contributed by atoms with E-state index in [0.717, 1.165) is 11.1 Å². The fraction of sp³-hybridized carbons (Fsp3) is 0.286. The number of carbonyl (C=O) groups excluding carboxylic acids is 3. The Morgan fingerprint density at radius 3 is 2.14 bits per heavy atom. The predicted molar refractivity (Wildman–Crippen MR) is 106 cm³/mol. The molecule has 0 saturated heterocycles. The Balaban J connectivity index is 2.01. The number of nitrogens with one attached hydrogen (secondary N) is 2. The third kappa shape index (κ3) is 7.42. The van der Waals surface area contributed by atoms with Crippen LogP contribution in [0.1, 0.15) is 18.1 Å². The Kier molecular flexibility index (Phi) is 8.32. The third-order valence-electron chi connectivity index (χ3n) is 4.17. The maximum atomic E-state index is 12.6. The highest BCUT2D eigenvalue weighted by Gasteiger charge is 2.27. The van der Waals surface area contributed by atoms with Crippen molar-refractivity contribution in [3.8, 4) is 0 Å². The minimum atomic E-state index is -0.943. The van der Waals surface area contributed by atoms with Gasteiger partial charge in [-0.05, 0) is 18.1 Å². The monoisotopic (exact) mass is 395 g/mol. The molecule has 0 aliphatic heterocycles. The number of alkyl carbamates (subject to hydrolysis) is 1. The van der Waals surface area contributed by atoms with Crippen LogP contribution in [-0.2, 0) is 27.4 Å². The lowest BCUT2D eigenvalue weighted by molar-refractivity contribution is -0.127. The normalized spacial score (nSPS) is 12.1. The van der Waals surface area contributed by atoms with E-state index in [9.17, 15) is 14.4 Å². The van der Waals surface area contributed by atoms with Gasteiger partial charge in [0.25, 0.3) is 0 Å². The van der Waals surface area contributed by atoms with Crippen LogP contribution >= 0.6 is 0 Å². The summed E-state index contributed by atoms with van der Waals surface area (Å²) >= 11 is 0. The lowest BCUT2D eigenvalue weighted by atomic mass is 10.0. The smallest absolute Gasteiger partial charge is 0.408 e. The van der Waals surface area contributed by atoms with Gasteiger partial charge >= 0.3 is 12.6 Å². The van der Waals surface area contributed by atoms with Gasteiger partial charge in [-0.1, -0.05) is 60.7 Å². The molecule has 0 aromatic heterocycles. The van der Waals surface area contributed by atoms with Crippen LogP contribution in [-0.4, -0.2) is 36.4 Å². The zero-order valence-electron chi connectivity index (χ0n) is 16.1. The summed E-state index contributed by atoms with van der Waals surface area (Å²) < 4.78 is 5.19. The minimum absolute atomic E-state index is 0.0687. The molecule has 2 rings (SSSR count). The first-order chi connectivity index (χ1) is 14.0. The number of amides is 2. The molecule has 0 unspecified atom stereocenters. The van der Waals surface area contributed by atoms with Gasteiger partial charge in [0, 0.05) is 6.42 Å². The van der Waals surface area contributed by atoms with E-state index in [4.69, 9.17) is 10.1 Å². The van der Waals surface area contributed by atoms with Crippen LogP contribution in [0.2, 0.25) is 0 Å². The Morgan fingerprint density at radius 2 is 1.55 bits per heavy atom. The third-order valence-corrected chi connectivity index (χ3v) is 4.17. The van der Waals surface area contributed by atoms with Crippen molar-refractivity contribution in [2.45, 2.75) is 32.0 Å². The van der Waals surface area contributed by atoms with Crippen molar-refractivity contribution in [3.05, 3.63) is 76.8 Å². The van der Waals surface area contributed by atoms with E-state index >= 15 is 0 Å². The maximum absolute atomic E-state index is 12.6. The van der Waals surface area contributed by atoms with E-state index in [1.54, 1.807) is 0 Å². The van der Waals surface area contributed by atoms with E-state index in [2.05, 4.69) is 15.6 Å². The van der Waals surface area contributed by atoms with Crippen molar-refractivity contribution in [2.75, 3.05) is 6.54 Å². The average Bonchev–Trinajstić information content (AvgIpc) is 2.73. The molecular formula is C21H23N4O4+. The van der Waals surface area contributed by atoms with Gasteiger partial charge in [-0.25, -0.2) is 4.79 Å². The molecule has 0 bridgehead atoms. The summed E-state index contributed by atoms with van der Waals surface area (Å²) in [6, 6.07) is 16.5. The van der Waals surface area contributed by atoms with E-state index < -0.39 is 36.4 Å². The molecule has 2 amide bonds. The molecule has 29 heavy (non-hydrogen) atoms. The number of hydrogen-bond donors (Lipinski definition) is 2. The van der Waals surface area contributed by atoms with Crippen LogP contribution in [0.3, 0.4) is 0 Å². The fourth-order valence-corrected chi connectivity index (χ4v) is 2.57. The van der Waals surface area contributed by atoms with E-state index in [-0.39, 0.29) is 13.0 Å². The number of carbonyl (C=O) groups is 3. The van der Waals surface area contributed by atoms with Crippen LogP contribution in [0.4, 0.5) is 4.79 Å². The number of rotatable bonds is 9. The molecule has 0 saturated carbocycles. The van der Waals surface area contributed by atoms with Gasteiger partial charge in [0.2, 0.25) is 17.1 Å². The van der Waals surface area contributed by atoms with Gasteiger partial charge in [-0.2, -0.15) is 0 Å². The van der Waals surface area contributed by atoms with Crippen LogP contribution in [0, 0.1) is 5.39 Å². The molecule has 0 heterocycles. The second kappa shape index (κ2) is 11.2. The highest BCUT2D eigenvalue weighted by molar-refractivity contribution is 5.93. The van der Waals surface area contributed by atoms with Crippen molar-refractivity contribution in [2.24, 2.45) is 0 Å². The van der Waals surface area contributed by atoms with Crippen molar-refractivity contribution >= 4 is 17.8 Å². The second-order valence-electron chi connectivity index (χ2n) is 6.44. The minimum Gasteiger partial charge on any atom is -0.445 e. The number of ketones is 1. The number of Topliss-reactive ketones (excluding diaryl/α,β-unsaturated/α-hetero) is 1. The van der Waals surface area contributed by atoms with Gasteiger partial charge in [-0.15, -0.1) is 0 Å². The SMILES string of the molecule is C[C@H](NC(=O)[C@H](Cc1ccccc1)NC(=O)OCc1ccccc1)C(=O)C[N+]#N. The molecule has 0 aliphatic rings. The van der Waals surface area contributed by atoms with Crippen molar-refractivity contribution < 1.29 is 19.1 Å². The van der Waals surface area contributed by atoms with Crippen LogP contribution in [0.5, 0.6) is 0 Å².